The molecular formula is C19H20N2O4. The van der Waals surface area contributed by atoms with Gasteiger partial charge in [-0.15, -0.1) is 0 Å². The Morgan fingerprint density at radius 1 is 1.16 bits per heavy atom. The Morgan fingerprint density at radius 3 is 2.68 bits per heavy atom. The number of aromatic carboxylic acids is 1. The molecule has 0 aliphatic heterocycles. The molecule has 0 saturated heterocycles. The highest BCUT2D eigenvalue weighted by Crippen LogP contribution is 2.26. The number of rotatable bonds is 7. The minimum absolute atomic E-state index is 0.120. The van der Waals surface area contributed by atoms with Gasteiger partial charge in [0.25, 0.3) is 0 Å². The third kappa shape index (κ3) is 3.42. The molecule has 1 heterocycles. The molecule has 0 fully saturated rings. The molecule has 0 radical (unpaired) electrons. The van der Waals surface area contributed by atoms with E-state index < -0.39 is 5.97 Å². The van der Waals surface area contributed by atoms with Gasteiger partial charge in [-0.3, -0.25) is 0 Å². The van der Waals surface area contributed by atoms with E-state index in [-0.39, 0.29) is 5.56 Å². The van der Waals surface area contributed by atoms with E-state index in [2.05, 4.69) is 16.5 Å². The molecular weight excluding hydrogens is 320 g/mol. The van der Waals surface area contributed by atoms with Crippen LogP contribution in [0.25, 0.3) is 11.0 Å². The van der Waals surface area contributed by atoms with Gasteiger partial charge in [-0.1, -0.05) is 12.1 Å². The summed E-state index contributed by atoms with van der Waals surface area (Å²) in [6, 6.07) is 12.7. The lowest BCUT2D eigenvalue weighted by Crippen LogP contribution is -2.07. The zero-order valence-electron chi connectivity index (χ0n) is 14.2. The molecule has 0 aliphatic carbocycles. The summed E-state index contributed by atoms with van der Waals surface area (Å²) in [5, 5.41) is 9.21. The average Bonchev–Trinajstić information content (AvgIpc) is 2.97. The second-order valence-corrected chi connectivity index (χ2v) is 5.45. The van der Waals surface area contributed by atoms with Crippen LogP contribution in [-0.4, -0.2) is 27.2 Å². The van der Waals surface area contributed by atoms with Gasteiger partial charge >= 0.3 is 5.97 Å². The van der Waals surface area contributed by atoms with Gasteiger partial charge in [0, 0.05) is 12.6 Å². The van der Waals surface area contributed by atoms with Crippen LogP contribution in [0.1, 0.15) is 30.0 Å². The van der Waals surface area contributed by atoms with E-state index in [1.54, 1.807) is 12.1 Å². The number of carboxylic acid groups (broad SMARTS) is 1. The number of para-hydroxylation sites is 2. The first-order chi connectivity index (χ1) is 12.1. The number of hydrogen-bond acceptors (Lipinski definition) is 4. The maximum atomic E-state index is 11.2. The topological polar surface area (TPSA) is 73.6 Å². The molecule has 0 bridgehead atoms. The van der Waals surface area contributed by atoms with Gasteiger partial charge in [-0.25, -0.2) is 9.78 Å². The monoisotopic (exact) mass is 340 g/mol. The normalized spacial score (nSPS) is 10.8. The minimum Gasteiger partial charge on any atom is -0.493 e. The number of carboxylic acids is 1. The molecule has 25 heavy (non-hydrogen) atoms. The van der Waals surface area contributed by atoms with Crippen LogP contribution in [0.2, 0.25) is 0 Å². The van der Waals surface area contributed by atoms with Crippen molar-refractivity contribution in [2.24, 2.45) is 0 Å². The van der Waals surface area contributed by atoms with Gasteiger partial charge < -0.3 is 19.1 Å². The highest BCUT2D eigenvalue weighted by Gasteiger charge is 2.14. The number of carbonyl (C=O) groups is 1. The Bertz CT molecular complexity index is 902. The standard InChI is InChI=1S/C19H20N2O4/c1-3-21-16-8-6-5-7-15(16)20-18(21)12-25-13-9-10-14(19(22)23)17(11-13)24-4-2/h5-11H,3-4,12H2,1-2H3,(H,22,23). The number of nitrogens with zero attached hydrogens (tertiary/aromatic N) is 2. The number of imidazole rings is 1. The van der Waals surface area contributed by atoms with Crippen LogP contribution in [0.15, 0.2) is 42.5 Å². The van der Waals surface area contributed by atoms with E-state index in [4.69, 9.17) is 9.47 Å². The van der Waals surface area contributed by atoms with E-state index in [0.29, 0.717) is 24.7 Å². The fraction of sp³-hybridized carbons (Fsp3) is 0.263. The lowest BCUT2D eigenvalue weighted by Gasteiger charge is -2.11. The Hall–Kier alpha value is -3.02. The summed E-state index contributed by atoms with van der Waals surface area (Å²) in [5.41, 5.74) is 2.12. The first-order valence-corrected chi connectivity index (χ1v) is 8.21. The van der Waals surface area contributed by atoms with Crippen molar-refractivity contribution in [2.45, 2.75) is 27.0 Å². The van der Waals surface area contributed by atoms with Crippen molar-refractivity contribution in [3.8, 4) is 11.5 Å². The molecule has 0 amide bonds. The van der Waals surface area contributed by atoms with Gasteiger partial charge in [-0.2, -0.15) is 0 Å². The number of hydrogen-bond donors (Lipinski definition) is 1. The zero-order chi connectivity index (χ0) is 17.8. The molecule has 1 aromatic heterocycles. The maximum absolute atomic E-state index is 11.2. The van der Waals surface area contributed by atoms with Crippen molar-refractivity contribution in [1.29, 1.82) is 0 Å². The predicted molar refractivity (Wildman–Crippen MR) is 94.3 cm³/mol. The number of ether oxygens (including phenoxy) is 2. The number of benzene rings is 2. The van der Waals surface area contributed by atoms with Crippen LogP contribution < -0.4 is 9.47 Å². The zero-order valence-corrected chi connectivity index (χ0v) is 14.2. The van der Waals surface area contributed by atoms with Crippen molar-refractivity contribution in [2.75, 3.05) is 6.61 Å². The highest BCUT2D eigenvalue weighted by molar-refractivity contribution is 5.91. The maximum Gasteiger partial charge on any atom is 0.339 e. The van der Waals surface area contributed by atoms with Crippen LogP contribution >= 0.6 is 0 Å². The lowest BCUT2D eigenvalue weighted by atomic mass is 10.2. The van der Waals surface area contributed by atoms with E-state index in [0.717, 1.165) is 23.4 Å². The van der Waals surface area contributed by atoms with Gasteiger partial charge in [0.05, 0.1) is 17.6 Å². The smallest absolute Gasteiger partial charge is 0.339 e. The van der Waals surface area contributed by atoms with E-state index >= 15 is 0 Å². The van der Waals surface area contributed by atoms with Crippen LogP contribution in [0.4, 0.5) is 0 Å². The Morgan fingerprint density at radius 2 is 1.96 bits per heavy atom. The summed E-state index contributed by atoms with van der Waals surface area (Å²) in [4.78, 5) is 15.9. The Kier molecular flexibility index (Phi) is 4.88. The van der Waals surface area contributed by atoms with Gasteiger partial charge in [0.1, 0.15) is 29.5 Å². The first-order valence-electron chi connectivity index (χ1n) is 8.21. The number of aryl methyl sites for hydroxylation is 1. The Labute approximate surface area is 145 Å². The van der Waals surface area contributed by atoms with E-state index in [9.17, 15) is 9.90 Å². The molecule has 0 atom stereocenters. The SMILES string of the molecule is CCOc1cc(OCc2nc3ccccc3n2CC)ccc1C(=O)O. The summed E-state index contributed by atoms with van der Waals surface area (Å²) >= 11 is 0. The molecule has 0 unspecified atom stereocenters. The van der Waals surface area contributed by atoms with Crippen molar-refractivity contribution in [3.63, 3.8) is 0 Å². The summed E-state index contributed by atoms with van der Waals surface area (Å²) in [7, 11) is 0. The molecule has 0 saturated carbocycles. The first kappa shape index (κ1) is 16.8. The molecule has 0 spiro atoms. The second kappa shape index (κ2) is 7.25. The fourth-order valence-electron chi connectivity index (χ4n) is 2.78. The molecule has 3 aromatic rings. The summed E-state index contributed by atoms with van der Waals surface area (Å²) < 4.78 is 13.3. The van der Waals surface area contributed by atoms with Crippen molar-refractivity contribution in [1.82, 2.24) is 9.55 Å². The predicted octanol–water partition coefficient (Wildman–Crippen LogP) is 3.73. The fourth-order valence-corrected chi connectivity index (χ4v) is 2.78. The highest BCUT2D eigenvalue weighted by atomic mass is 16.5. The summed E-state index contributed by atoms with van der Waals surface area (Å²) in [5.74, 6) is 0.645. The van der Waals surface area contributed by atoms with Gasteiger partial charge in [0.15, 0.2) is 0 Å². The number of aromatic nitrogens is 2. The Balaban J connectivity index is 1.84. The van der Waals surface area contributed by atoms with Gasteiger partial charge in [0.2, 0.25) is 0 Å². The van der Waals surface area contributed by atoms with Crippen molar-refractivity contribution in [3.05, 3.63) is 53.9 Å². The van der Waals surface area contributed by atoms with Crippen LogP contribution in [0.3, 0.4) is 0 Å². The second-order valence-electron chi connectivity index (χ2n) is 5.45. The summed E-state index contributed by atoms with van der Waals surface area (Å²) in [6.45, 7) is 5.34. The van der Waals surface area contributed by atoms with Crippen LogP contribution in [-0.2, 0) is 13.2 Å². The molecule has 0 aliphatic rings. The number of fused-ring (bicyclic) bond motifs is 1. The average molecular weight is 340 g/mol. The largest absolute Gasteiger partial charge is 0.493 e. The third-order valence-electron chi connectivity index (χ3n) is 3.90. The molecule has 6 nitrogen and oxygen atoms in total. The quantitative estimate of drug-likeness (QED) is 0.709. The third-order valence-corrected chi connectivity index (χ3v) is 3.90. The van der Waals surface area contributed by atoms with E-state index in [1.165, 1.54) is 6.07 Å². The summed E-state index contributed by atoms with van der Waals surface area (Å²) in [6.07, 6.45) is 0. The van der Waals surface area contributed by atoms with Crippen molar-refractivity contribution < 1.29 is 19.4 Å². The molecule has 6 heteroatoms. The minimum atomic E-state index is -1.03. The molecule has 130 valence electrons. The molecule has 2 aromatic carbocycles. The molecule has 1 N–H and O–H groups in total. The van der Waals surface area contributed by atoms with Gasteiger partial charge in [-0.05, 0) is 38.1 Å². The van der Waals surface area contributed by atoms with Crippen LogP contribution in [0, 0.1) is 0 Å². The lowest BCUT2D eigenvalue weighted by molar-refractivity contribution is 0.0692. The van der Waals surface area contributed by atoms with E-state index in [1.807, 2.05) is 31.2 Å². The van der Waals surface area contributed by atoms with Crippen LogP contribution in [0.5, 0.6) is 11.5 Å². The molecule has 3 rings (SSSR count). The van der Waals surface area contributed by atoms with Crippen molar-refractivity contribution >= 4 is 17.0 Å².